The van der Waals surface area contributed by atoms with E-state index < -0.39 is 0 Å². The van der Waals surface area contributed by atoms with E-state index in [4.69, 9.17) is 0 Å². The van der Waals surface area contributed by atoms with Gasteiger partial charge in [-0.1, -0.05) is 31.5 Å². The monoisotopic (exact) mass is 203 g/mol. The van der Waals surface area contributed by atoms with Crippen LogP contribution in [0.2, 0.25) is 0 Å². The highest BCUT2D eigenvalue weighted by atomic mass is 15.3. The Hall–Kier alpha value is -1.18. The third-order valence-electron chi connectivity index (χ3n) is 3.00. The quantitative estimate of drug-likeness (QED) is 0.573. The normalized spacial score (nSPS) is 15.1. The van der Waals surface area contributed by atoms with Gasteiger partial charge in [0.2, 0.25) is 5.69 Å². The lowest BCUT2D eigenvalue weighted by atomic mass is 9.81. The second kappa shape index (κ2) is 3.16. The summed E-state index contributed by atoms with van der Waals surface area (Å²) >= 11 is 0. The number of azo groups is 2. The summed E-state index contributed by atoms with van der Waals surface area (Å²) < 4.78 is 2.03. The number of rotatable bonds is 0. The van der Waals surface area contributed by atoms with Gasteiger partial charge in [-0.25, -0.2) is 0 Å². The van der Waals surface area contributed by atoms with Crippen molar-refractivity contribution in [2.75, 3.05) is 7.05 Å². The van der Waals surface area contributed by atoms with Gasteiger partial charge in [-0.15, -0.1) is 0 Å². The van der Waals surface area contributed by atoms with Crippen LogP contribution in [0.3, 0.4) is 0 Å². The molecule has 1 heterocycles. The van der Waals surface area contributed by atoms with E-state index in [1.807, 2.05) is 11.7 Å². The van der Waals surface area contributed by atoms with Crippen LogP contribution in [-0.4, -0.2) is 11.7 Å². The summed E-state index contributed by atoms with van der Waals surface area (Å²) in [5, 5.41) is 4.45. The Morgan fingerprint density at radius 3 is 2.53 bits per heavy atom. The van der Waals surface area contributed by atoms with Gasteiger partial charge in [0.1, 0.15) is 6.54 Å². The van der Waals surface area contributed by atoms with Crippen molar-refractivity contribution in [3.8, 4) is 0 Å². The van der Waals surface area contributed by atoms with Crippen molar-refractivity contribution in [2.24, 2.45) is 5.11 Å². The fourth-order valence-corrected chi connectivity index (χ4v) is 2.43. The molecule has 0 aromatic heterocycles. The molecule has 15 heavy (non-hydrogen) atoms. The van der Waals surface area contributed by atoms with Crippen LogP contribution in [0, 0.1) is 6.92 Å². The standard InChI is InChI=1S/C13H19N2/c1-9-6-7-10-8-14-15(5)12(10)11(9)13(2,3)4/h6-7H,8H2,1-5H3/q+1. The minimum Gasteiger partial charge on any atom is -0.0908 e. The van der Waals surface area contributed by atoms with Crippen molar-refractivity contribution < 1.29 is 4.70 Å². The Balaban J connectivity index is 2.73. The molecule has 2 heteroatoms. The summed E-state index contributed by atoms with van der Waals surface area (Å²) in [5.74, 6) is 0. The molecule has 1 aromatic carbocycles. The molecule has 80 valence electrons. The van der Waals surface area contributed by atoms with Crippen LogP contribution in [0.4, 0.5) is 5.69 Å². The van der Waals surface area contributed by atoms with Crippen LogP contribution >= 0.6 is 0 Å². The molecular formula is C13H19N2+. The molecule has 0 atom stereocenters. The molecule has 1 aliphatic rings. The van der Waals surface area contributed by atoms with Gasteiger partial charge >= 0.3 is 0 Å². The van der Waals surface area contributed by atoms with Crippen LogP contribution in [-0.2, 0) is 12.0 Å². The van der Waals surface area contributed by atoms with E-state index in [2.05, 4.69) is 44.9 Å². The molecule has 0 radical (unpaired) electrons. The van der Waals surface area contributed by atoms with Gasteiger partial charge in [0.25, 0.3) is 0 Å². The molecule has 1 aliphatic heterocycles. The Morgan fingerprint density at radius 1 is 1.27 bits per heavy atom. The minimum absolute atomic E-state index is 0.184. The highest BCUT2D eigenvalue weighted by molar-refractivity contribution is 5.55. The zero-order chi connectivity index (χ0) is 11.2. The van der Waals surface area contributed by atoms with Gasteiger partial charge in [0.15, 0.2) is 7.05 Å². The van der Waals surface area contributed by atoms with Crippen molar-refractivity contribution in [3.63, 3.8) is 0 Å². The zero-order valence-electron chi connectivity index (χ0n) is 10.3. The van der Waals surface area contributed by atoms with Crippen molar-refractivity contribution >= 4 is 5.69 Å². The fourth-order valence-electron chi connectivity index (χ4n) is 2.43. The molecule has 0 spiro atoms. The molecule has 0 aliphatic carbocycles. The van der Waals surface area contributed by atoms with E-state index in [1.54, 1.807) is 0 Å². The molecule has 0 amide bonds. The van der Waals surface area contributed by atoms with Crippen molar-refractivity contribution in [1.29, 1.82) is 0 Å². The van der Waals surface area contributed by atoms with Gasteiger partial charge < -0.3 is 0 Å². The first kappa shape index (κ1) is 10.3. The Kier molecular flexibility index (Phi) is 2.18. The van der Waals surface area contributed by atoms with E-state index in [0.717, 1.165) is 6.54 Å². The molecule has 0 bridgehead atoms. The lowest BCUT2D eigenvalue weighted by Crippen LogP contribution is -2.16. The second-order valence-electron chi connectivity index (χ2n) is 5.34. The van der Waals surface area contributed by atoms with Crippen molar-refractivity contribution in [3.05, 3.63) is 28.8 Å². The molecule has 2 nitrogen and oxygen atoms in total. The maximum Gasteiger partial charge on any atom is 0.240 e. The van der Waals surface area contributed by atoms with Crippen LogP contribution in [0.25, 0.3) is 0 Å². The number of hydrogen-bond acceptors (Lipinski definition) is 1. The fraction of sp³-hybridized carbons (Fsp3) is 0.538. The van der Waals surface area contributed by atoms with E-state index >= 15 is 0 Å². The lowest BCUT2D eigenvalue weighted by Gasteiger charge is -2.21. The van der Waals surface area contributed by atoms with Crippen LogP contribution in [0.1, 0.15) is 37.5 Å². The third kappa shape index (κ3) is 1.58. The maximum absolute atomic E-state index is 4.45. The van der Waals surface area contributed by atoms with Gasteiger partial charge in [0.05, 0.1) is 5.56 Å². The zero-order valence-corrected chi connectivity index (χ0v) is 10.3. The number of fused-ring (bicyclic) bond motifs is 1. The highest BCUT2D eigenvalue weighted by Crippen LogP contribution is 2.39. The summed E-state index contributed by atoms with van der Waals surface area (Å²) in [4.78, 5) is 0. The Bertz CT molecular complexity index is 437. The average molecular weight is 203 g/mol. The smallest absolute Gasteiger partial charge is 0.0908 e. The number of nitrogens with zero attached hydrogens (tertiary/aromatic N) is 2. The maximum atomic E-state index is 4.45. The topological polar surface area (TPSA) is 15.4 Å². The third-order valence-corrected chi connectivity index (χ3v) is 3.00. The largest absolute Gasteiger partial charge is 0.240 e. The van der Waals surface area contributed by atoms with Crippen LogP contribution < -0.4 is 0 Å². The molecular weight excluding hydrogens is 184 g/mol. The van der Waals surface area contributed by atoms with Gasteiger partial charge in [-0.3, -0.25) is 0 Å². The van der Waals surface area contributed by atoms with Crippen molar-refractivity contribution in [2.45, 2.75) is 39.7 Å². The van der Waals surface area contributed by atoms with Crippen molar-refractivity contribution in [1.82, 2.24) is 0 Å². The first-order valence-corrected chi connectivity index (χ1v) is 5.45. The van der Waals surface area contributed by atoms with Gasteiger partial charge in [-0.05, 0) is 29.1 Å². The van der Waals surface area contributed by atoms with Gasteiger partial charge in [0, 0.05) is 5.56 Å². The molecule has 0 saturated heterocycles. The minimum atomic E-state index is 0.184. The van der Waals surface area contributed by atoms with Gasteiger partial charge in [-0.2, -0.15) is 0 Å². The van der Waals surface area contributed by atoms with Crippen LogP contribution in [0.15, 0.2) is 17.2 Å². The predicted molar refractivity (Wildman–Crippen MR) is 61.9 cm³/mol. The highest BCUT2D eigenvalue weighted by Gasteiger charge is 2.31. The first-order chi connectivity index (χ1) is 6.91. The molecule has 2 rings (SSSR count). The molecule has 0 N–H and O–H groups in total. The summed E-state index contributed by atoms with van der Waals surface area (Å²) in [7, 11) is 2.04. The molecule has 0 unspecified atom stereocenters. The van der Waals surface area contributed by atoms with E-state index in [1.165, 1.54) is 22.4 Å². The Labute approximate surface area is 91.6 Å². The summed E-state index contributed by atoms with van der Waals surface area (Å²) in [6, 6.07) is 4.42. The van der Waals surface area contributed by atoms with E-state index in [0.29, 0.717) is 0 Å². The summed E-state index contributed by atoms with van der Waals surface area (Å²) in [5.41, 5.74) is 5.66. The molecule has 1 aromatic rings. The van der Waals surface area contributed by atoms with Crippen LogP contribution in [0.5, 0.6) is 0 Å². The summed E-state index contributed by atoms with van der Waals surface area (Å²) in [6.45, 7) is 9.81. The first-order valence-electron chi connectivity index (χ1n) is 5.45. The Morgan fingerprint density at radius 2 is 1.93 bits per heavy atom. The lowest BCUT2D eigenvalue weighted by molar-refractivity contribution is -0.477. The number of benzene rings is 1. The SMILES string of the molecule is Cc1ccc2c(c1C(C)(C)C)[N+](C)=NC2. The molecule has 0 saturated carbocycles. The second-order valence-corrected chi connectivity index (χ2v) is 5.34. The average Bonchev–Trinajstić information content (AvgIpc) is 2.46. The predicted octanol–water partition coefficient (Wildman–Crippen LogP) is 3.53. The van der Waals surface area contributed by atoms with E-state index in [-0.39, 0.29) is 5.41 Å². The molecule has 0 fully saturated rings. The summed E-state index contributed by atoms with van der Waals surface area (Å²) in [6.07, 6.45) is 0. The number of hydrogen-bond donors (Lipinski definition) is 0. The van der Waals surface area contributed by atoms with E-state index in [9.17, 15) is 0 Å². The number of aryl methyl sites for hydroxylation is 1.